The molecule has 9 nitrogen and oxygen atoms in total. The number of hydrogen-bond acceptors (Lipinski definition) is 9. The van der Waals surface area contributed by atoms with E-state index in [2.05, 4.69) is 91.5 Å². The van der Waals surface area contributed by atoms with Crippen molar-refractivity contribution in [2.24, 2.45) is 0 Å². The maximum atomic E-state index is 6.37. The van der Waals surface area contributed by atoms with Gasteiger partial charge in [0.2, 0.25) is 5.95 Å². The van der Waals surface area contributed by atoms with E-state index in [1.807, 2.05) is 13.2 Å². The molecule has 0 aliphatic carbocycles. The Morgan fingerprint density at radius 2 is 1.80 bits per heavy atom. The smallest absolute Gasteiger partial charge is 0.229 e. The SMILES string of the molecule is CN[C@H](C)c1cc(C)nc(N2c3nc(Nc4ccc(N5CCOCC5)cc4)ncc3[C@]3(C)COC(C)(C)CC23)c1. The zero-order valence-corrected chi connectivity index (χ0v) is 24.5. The second kappa shape index (κ2) is 10.3. The summed E-state index contributed by atoms with van der Waals surface area (Å²) < 4.78 is 11.9. The Morgan fingerprint density at radius 3 is 2.52 bits per heavy atom. The van der Waals surface area contributed by atoms with Crippen LogP contribution in [0.2, 0.25) is 0 Å². The van der Waals surface area contributed by atoms with Gasteiger partial charge in [-0.05, 0) is 83.1 Å². The first kappa shape index (κ1) is 26.9. The van der Waals surface area contributed by atoms with Gasteiger partial charge in [-0.1, -0.05) is 6.92 Å². The third kappa shape index (κ3) is 4.91. The molecule has 0 radical (unpaired) electrons. The van der Waals surface area contributed by atoms with E-state index >= 15 is 0 Å². The lowest BCUT2D eigenvalue weighted by molar-refractivity contribution is -0.0893. The van der Waals surface area contributed by atoms with Crippen molar-refractivity contribution in [2.45, 2.75) is 64.1 Å². The zero-order chi connectivity index (χ0) is 28.1. The zero-order valence-electron chi connectivity index (χ0n) is 24.5. The van der Waals surface area contributed by atoms with Gasteiger partial charge in [-0.2, -0.15) is 4.98 Å². The molecule has 40 heavy (non-hydrogen) atoms. The van der Waals surface area contributed by atoms with Gasteiger partial charge in [0.1, 0.15) is 11.6 Å². The van der Waals surface area contributed by atoms with Gasteiger partial charge in [0.25, 0.3) is 0 Å². The van der Waals surface area contributed by atoms with Crippen LogP contribution < -0.4 is 20.4 Å². The number of morpholine rings is 1. The average Bonchev–Trinajstić information content (AvgIpc) is 3.19. The number of fused-ring (bicyclic) bond motifs is 3. The summed E-state index contributed by atoms with van der Waals surface area (Å²) in [5, 5.41) is 6.81. The van der Waals surface area contributed by atoms with Crippen molar-refractivity contribution in [3.63, 3.8) is 0 Å². The summed E-state index contributed by atoms with van der Waals surface area (Å²) in [6.07, 6.45) is 2.84. The van der Waals surface area contributed by atoms with Crippen molar-refractivity contribution in [2.75, 3.05) is 55.1 Å². The highest BCUT2D eigenvalue weighted by molar-refractivity contribution is 5.71. The molecule has 0 bridgehead atoms. The lowest BCUT2D eigenvalue weighted by Gasteiger charge is -2.46. The Kier molecular flexibility index (Phi) is 6.92. The first-order chi connectivity index (χ1) is 19.2. The Morgan fingerprint density at radius 1 is 1.05 bits per heavy atom. The number of anilines is 5. The minimum atomic E-state index is -0.247. The van der Waals surface area contributed by atoms with Gasteiger partial charge in [-0.15, -0.1) is 0 Å². The molecule has 1 unspecified atom stereocenters. The van der Waals surface area contributed by atoms with E-state index in [-0.39, 0.29) is 23.1 Å². The second-order valence-corrected chi connectivity index (χ2v) is 12.2. The molecule has 3 atom stereocenters. The van der Waals surface area contributed by atoms with Gasteiger partial charge >= 0.3 is 0 Å². The van der Waals surface area contributed by atoms with E-state index in [9.17, 15) is 0 Å². The highest BCUT2D eigenvalue weighted by Gasteiger charge is 2.55. The summed E-state index contributed by atoms with van der Waals surface area (Å²) in [6, 6.07) is 13.2. The van der Waals surface area contributed by atoms with Crippen LogP contribution in [0.25, 0.3) is 0 Å². The molecular formula is C31H41N7O2. The van der Waals surface area contributed by atoms with Crippen LogP contribution in [0.1, 0.15) is 57.0 Å². The number of aromatic nitrogens is 3. The van der Waals surface area contributed by atoms with E-state index in [1.165, 1.54) is 11.3 Å². The van der Waals surface area contributed by atoms with Crippen LogP contribution in [-0.2, 0) is 14.9 Å². The molecule has 2 saturated heterocycles. The van der Waals surface area contributed by atoms with Gasteiger partial charge in [-0.3, -0.25) is 0 Å². The molecule has 0 saturated carbocycles. The Bertz CT molecular complexity index is 1370. The maximum absolute atomic E-state index is 6.37. The van der Waals surface area contributed by atoms with Crippen molar-refractivity contribution in [1.29, 1.82) is 0 Å². The van der Waals surface area contributed by atoms with Gasteiger partial charge in [0.05, 0.1) is 31.5 Å². The van der Waals surface area contributed by atoms with Crippen molar-refractivity contribution >= 4 is 29.0 Å². The normalized spacial score (nSPS) is 24.4. The highest BCUT2D eigenvalue weighted by atomic mass is 16.5. The van der Waals surface area contributed by atoms with E-state index in [0.717, 1.165) is 61.3 Å². The van der Waals surface area contributed by atoms with Crippen LogP contribution in [0.15, 0.2) is 42.6 Å². The van der Waals surface area contributed by atoms with Crippen LogP contribution in [0.4, 0.5) is 29.0 Å². The molecule has 3 aliphatic rings. The molecule has 2 N–H and O–H groups in total. The number of aryl methyl sites for hydroxylation is 1. The van der Waals surface area contributed by atoms with Crippen molar-refractivity contribution < 1.29 is 9.47 Å². The fraction of sp³-hybridized carbons (Fsp3) is 0.516. The summed E-state index contributed by atoms with van der Waals surface area (Å²) in [5.74, 6) is 2.39. The first-order valence-corrected chi connectivity index (χ1v) is 14.3. The van der Waals surface area contributed by atoms with Crippen molar-refractivity contribution in [3.8, 4) is 0 Å². The molecule has 1 aromatic carbocycles. The van der Waals surface area contributed by atoms with Crippen LogP contribution in [0.3, 0.4) is 0 Å². The molecule has 212 valence electrons. The monoisotopic (exact) mass is 543 g/mol. The summed E-state index contributed by atoms with van der Waals surface area (Å²) in [5.41, 5.74) is 4.96. The Balaban J connectivity index is 1.36. The van der Waals surface area contributed by atoms with Gasteiger partial charge in [0.15, 0.2) is 0 Å². The summed E-state index contributed by atoms with van der Waals surface area (Å²) in [4.78, 5) is 19.6. The summed E-state index contributed by atoms with van der Waals surface area (Å²) >= 11 is 0. The molecule has 2 aromatic heterocycles. The minimum absolute atomic E-state index is 0.149. The molecule has 3 aliphatic heterocycles. The van der Waals surface area contributed by atoms with Gasteiger partial charge in [-0.25, -0.2) is 9.97 Å². The quantitative estimate of drug-likeness (QED) is 0.445. The standard InChI is InChI=1S/C31H41N7O2/c1-20-15-22(21(2)32-6)16-27(34-20)38-26-17-30(3,4)40-19-31(26,5)25-18-33-29(36-28(25)38)35-23-7-9-24(10-8-23)37-11-13-39-14-12-37/h7-10,15-16,18,21,26,32H,11-14,17,19H2,1-6H3,(H,33,35,36)/t21-,26?,31+/m1/s1. The second-order valence-electron chi connectivity index (χ2n) is 12.2. The molecule has 0 spiro atoms. The average molecular weight is 544 g/mol. The molecule has 6 rings (SSSR count). The predicted molar refractivity (Wildman–Crippen MR) is 159 cm³/mol. The van der Waals surface area contributed by atoms with E-state index in [1.54, 1.807) is 0 Å². The number of pyridine rings is 1. The molecule has 5 heterocycles. The van der Waals surface area contributed by atoms with Crippen LogP contribution in [-0.4, -0.2) is 66.6 Å². The number of nitrogens with zero attached hydrogens (tertiary/aromatic N) is 5. The summed E-state index contributed by atoms with van der Waals surface area (Å²) in [7, 11) is 1.99. The first-order valence-electron chi connectivity index (χ1n) is 14.3. The lowest BCUT2D eigenvalue weighted by Crippen LogP contribution is -2.54. The van der Waals surface area contributed by atoms with Gasteiger partial charge < -0.3 is 29.9 Å². The molecule has 0 amide bonds. The third-order valence-corrected chi connectivity index (χ3v) is 8.75. The molecular weight excluding hydrogens is 502 g/mol. The van der Waals surface area contributed by atoms with Crippen LogP contribution in [0, 0.1) is 6.92 Å². The topological polar surface area (TPSA) is 87.7 Å². The number of rotatable bonds is 6. The van der Waals surface area contributed by atoms with E-state index in [4.69, 9.17) is 24.4 Å². The van der Waals surface area contributed by atoms with Crippen molar-refractivity contribution in [3.05, 3.63) is 59.4 Å². The fourth-order valence-corrected chi connectivity index (χ4v) is 6.18. The number of nitrogens with one attached hydrogen (secondary N) is 2. The highest BCUT2D eigenvalue weighted by Crippen LogP contribution is 2.53. The third-order valence-electron chi connectivity index (χ3n) is 8.75. The van der Waals surface area contributed by atoms with Crippen LogP contribution in [0.5, 0.6) is 0 Å². The fourth-order valence-electron chi connectivity index (χ4n) is 6.18. The maximum Gasteiger partial charge on any atom is 0.229 e. The van der Waals surface area contributed by atoms with E-state index in [0.29, 0.717) is 12.6 Å². The predicted octanol–water partition coefficient (Wildman–Crippen LogP) is 5.02. The minimum Gasteiger partial charge on any atom is -0.378 e. The van der Waals surface area contributed by atoms with Crippen molar-refractivity contribution in [1.82, 2.24) is 20.3 Å². The number of hydrogen-bond donors (Lipinski definition) is 2. The molecule has 2 fully saturated rings. The Hall–Kier alpha value is -3.27. The number of ether oxygens (including phenoxy) is 2. The van der Waals surface area contributed by atoms with E-state index < -0.39 is 0 Å². The largest absolute Gasteiger partial charge is 0.378 e. The van der Waals surface area contributed by atoms with Crippen LogP contribution >= 0.6 is 0 Å². The lowest BCUT2D eigenvalue weighted by atomic mass is 9.73. The summed E-state index contributed by atoms with van der Waals surface area (Å²) in [6.45, 7) is 14.8. The molecule has 3 aromatic rings. The Labute approximate surface area is 237 Å². The molecule has 9 heteroatoms. The number of benzene rings is 1. The van der Waals surface area contributed by atoms with Gasteiger partial charge in [0, 0.05) is 53.4 Å².